The SMILES string of the molecule is O=C(CNc1ncnc2ccc(C(F)(F)F)cc12)NC1CN([C@H]2CC[C@@H](N3CCS(=O)(=O)CC3)CC2)C1. The zero-order chi connectivity index (χ0) is 26.2. The van der Waals surface area contributed by atoms with E-state index in [-0.39, 0.29) is 41.2 Å². The average Bonchev–Trinajstić information content (AvgIpc) is 2.84. The normalized spacial score (nSPS) is 25.5. The second-order valence-corrected chi connectivity index (χ2v) is 12.5. The first-order valence-electron chi connectivity index (χ1n) is 12.6. The highest BCUT2D eigenvalue weighted by atomic mass is 32.2. The summed E-state index contributed by atoms with van der Waals surface area (Å²) in [4.78, 5) is 25.2. The summed E-state index contributed by atoms with van der Waals surface area (Å²) in [7, 11) is -2.86. The van der Waals surface area contributed by atoms with Crippen molar-refractivity contribution in [2.24, 2.45) is 0 Å². The van der Waals surface area contributed by atoms with Gasteiger partial charge in [0.15, 0.2) is 9.84 Å². The van der Waals surface area contributed by atoms with Gasteiger partial charge in [0.25, 0.3) is 0 Å². The van der Waals surface area contributed by atoms with Gasteiger partial charge in [0.1, 0.15) is 12.1 Å². The number of aromatic nitrogens is 2. The number of amides is 1. The fraction of sp³-hybridized carbons (Fsp3) is 0.625. The maximum atomic E-state index is 13.1. The van der Waals surface area contributed by atoms with E-state index < -0.39 is 21.6 Å². The molecular weight excluding hydrogens is 509 g/mol. The van der Waals surface area contributed by atoms with Crippen molar-refractivity contribution in [2.75, 3.05) is 49.5 Å². The Morgan fingerprint density at radius 2 is 1.65 bits per heavy atom. The van der Waals surface area contributed by atoms with Crippen LogP contribution >= 0.6 is 0 Å². The van der Waals surface area contributed by atoms with Crippen LogP contribution in [-0.2, 0) is 20.8 Å². The predicted molar refractivity (Wildman–Crippen MR) is 133 cm³/mol. The summed E-state index contributed by atoms with van der Waals surface area (Å²) in [5, 5.41) is 6.03. The lowest BCUT2D eigenvalue weighted by atomic mass is 9.87. The molecule has 3 heterocycles. The summed E-state index contributed by atoms with van der Waals surface area (Å²) in [6.45, 7) is 2.72. The van der Waals surface area contributed by atoms with Gasteiger partial charge in [0.05, 0.1) is 35.2 Å². The van der Waals surface area contributed by atoms with Gasteiger partial charge in [-0.05, 0) is 43.9 Å². The fourth-order valence-electron chi connectivity index (χ4n) is 5.60. The van der Waals surface area contributed by atoms with E-state index in [9.17, 15) is 26.4 Å². The predicted octanol–water partition coefficient (Wildman–Crippen LogP) is 1.90. The van der Waals surface area contributed by atoms with Crippen LogP contribution in [0.3, 0.4) is 0 Å². The van der Waals surface area contributed by atoms with E-state index in [1.807, 2.05) is 0 Å². The summed E-state index contributed by atoms with van der Waals surface area (Å²) in [6, 6.07) is 4.23. The van der Waals surface area contributed by atoms with Crippen LogP contribution in [-0.4, -0.2) is 96.4 Å². The Bertz CT molecular complexity index is 1230. The molecule has 3 fully saturated rings. The van der Waals surface area contributed by atoms with E-state index in [2.05, 4.69) is 30.4 Å². The molecule has 2 N–H and O–H groups in total. The van der Waals surface area contributed by atoms with Crippen molar-refractivity contribution in [1.82, 2.24) is 25.1 Å². The number of likely N-dealkylation sites (tertiary alicyclic amines) is 1. The molecule has 37 heavy (non-hydrogen) atoms. The van der Waals surface area contributed by atoms with E-state index in [0.717, 1.165) is 50.9 Å². The van der Waals surface area contributed by atoms with Crippen molar-refractivity contribution >= 4 is 32.5 Å². The summed E-state index contributed by atoms with van der Waals surface area (Å²) < 4.78 is 62.6. The van der Waals surface area contributed by atoms with Crippen molar-refractivity contribution in [1.29, 1.82) is 0 Å². The largest absolute Gasteiger partial charge is 0.416 e. The van der Waals surface area contributed by atoms with Gasteiger partial charge in [-0.3, -0.25) is 14.6 Å². The van der Waals surface area contributed by atoms with Crippen LogP contribution in [0.25, 0.3) is 10.9 Å². The number of anilines is 1. The highest BCUT2D eigenvalue weighted by Gasteiger charge is 2.37. The molecule has 1 amide bonds. The summed E-state index contributed by atoms with van der Waals surface area (Å²) in [6.07, 6.45) is 1.02. The molecule has 1 aromatic heterocycles. The maximum absolute atomic E-state index is 13.1. The number of rotatable bonds is 6. The Morgan fingerprint density at radius 1 is 1.00 bits per heavy atom. The Labute approximate surface area is 213 Å². The molecule has 0 spiro atoms. The van der Waals surface area contributed by atoms with Crippen LogP contribution < -0.4 is 10.6 Å². The van der Waals surface area contributed by atoms with E-state index in [1.165, 1.54) is 12.4 Å². The number of hydrogen-bond donors (Lipinski definition) is 2. The molecule has 13 heteroatoms. The van der Waals surface area contributed by atoms with Gasteiger partial charge >= 0.3 is 6.18 Å². The molecule has 2 saturated heterocycles. The first kappa shape index (κ1) is 26.1. The standard InChI is InChI=1S/C24H31F3N6O3S/c25-24(26,27)16-1-6-21-20(11-16)23(30-15-29-21)28-12-22(34)31-17-13-33(14-17)19-4-2-18(3-5-19)32-7-9-37(35,36)10-8-32/h1,6,11,15,17-19H,2-5,7-10,12-14H2,(H,31,34)(H,28,29,30)/t18-,19+. The van der Waals surface area contributed by atoms with Gasteiger partial charge in [-0.1, -0.05) is 0 Å². The number of nitrogens with one attached hydrogen (secondary N) is 2. The van der Waals surface area contributed by atoms with Crippen molar-refractivity contribution in [3.8, 4) is 0 Å². The number of carbonyl (C=O) groups is 1. The number of benzene rings is 1. The summed E-state index contributed by atoms with van der Waals surface area (Å²) >= 11 is 0. The number of hydrogen-bond acceptors (Lipinski definition) is 8. The molecule has 0 unspecified atom stereocenters. The number of fused-ring (bicyclic) bond motifs is 1. The first-order valence-corrected chi connectivity index (χ1v) is 14.4. The van der Waals surface area contributed by atoms with Gasteiger partial charge in [-0.15, -0.1) is 0 Å². The van der Waals surface area contributed by atoms with Crippen LogP contribution in [0.4, 0.5) is 19.0 Å². The molecule has 3 aliphatic rings. The zero-order valence-electron chi connectivity index (χ0n) is 20.4. The minimum Gasteiger partial charge on any atom is -0.360 e. The number of alkyl halides is 3. The third-order valence-electron chi connectivity index (χ3n) is 7.73. The van der Waals surface area contributed by atoms with E-state index in [4.69, 9.17) is 0 Å². The molecule has 1 saturated carbocycles. The summed E-state index contributed by atoms with van der Waals surface area (Å²) in [5.41, 5.74) is -0.435. The van der Waals surface area contributed by atoms with E-state index >= 15 is 0 Å². The Hall–Kier alpha value is -2.51. The van der Waals surface area contributed by atoms with Crippen molar-refractivity contribution in [3.05, 3.63) is 30.1 Å². The van der Waals surface area contributed by atoms with Crippen molar-refractivity contribution < 1.29 is 26.4 Å². The molecule has 1 aromatic carbocycles. The minimum absolute atomic E-state index is 0.0401. The number of halogens is 3. The summed E-state index contributed by atoms with van der Waals surface area (Å²) in [5.74, 6) is 0.464. The number of sulfone groups is 1. The molecule has 1 aliphatic carbocycles. The number of carbonyl (C=O) groups excluding carboxylic acids is 1. The van der Waals surface area contributed by atoms with Crippen LogP contribution in [0.1, 0.15) is 31.2 Å². The third-order valence-corrected chi connectivity index (χ3v) is 9.34. The van der Waals surface area contributed by atoms with E-state index in [1.54, 1.807) is 0 Å². The molecule has 9 nitrogen and oxygen atoms in total. The van der Waals surface area contributed by atoms with Crippen molar-refractivity contribution in [2.45, 2.75) is 50.0 Å². The monoisotopic (exact) mass is 540 g/mol. The Kier molecular flexibility index (Phi) is 7.29. The topological polar surface area (TPSA) is 108 Å². The average molecular weight is 541 g/mol. The van der Waals surface area contributed by atoms with Gasteiger partial charge < -0.3 is 10.6 Å². The molecule has 2 aliphatic heterocycles. The quantitative estimate of drug-likeness (QED) is 0.572. The van der Waals surface area contributed by atoms with Gasteiger partial charge in [0, 0.05) is 43.6 Å². The van der Waals surface area contributed by atoms with Crippen molar-refractivity contribution in [3.63, 3.8) is 0 Å². The highest BCUT2D eigenvalue weighted by Crippen LogP contribution is 2.33. The lowest BCUT2D eigenvalue weighted by molar-refractivity contribution is -0.137. The third kappa shape index (κ3) is 6.15. The van der Waals surface area contributed by atoms with Gasteiger partial charge in [-0.25, -0.2) is 18.4 Å². The molecule has 2 aromatic rings. The van der Waals surface area contributed by atoms with Crippen LogP contribution in [0, 0.1) is 0 Å². The second-order valence-electron chi connectivity index (χ2n) is 10.2. The first-order chi connectivity index (χ1) is 17.6. The van der Waals surface area contributed by atoms with E-state index in [0.29, 0.717) is 30.7 Å². The van der Waals surface area contributed by atoms with Crippen LogP contribution in [0.5, 0.6) is 0 Å². The molecule has 5 rings (SSSR count). The van der Waals surface area contributed by atoms with Gasteiger partial charge in [-0.2, -0.15) is 13.2 Å². The van der Waals surface area contributed by atoms with Crippen LogP contribution in [0.15, 0.2) is 24.5 Å². The van der Waals surface area contributed by atoms with Gasteiger partial charge in [0.2, 0.25) is 5.91 Å². The maximum Gasteiger partial charge on any atom is 0.416 e. The molecule has 0 atom stereocenters. The minimum atomic E-state index is -4.48. The lowest BCUT2D eigenvalue weighted by Crippen LogP contribution is -2.63. The Morgan fingerprint density at radius 3 is 2.30 bits per heavy atom. The molecule has 202 valence electrons. The smallest absolute Gasteiger partial charge is 0.360 e. The molecule has 0 radical (unpaired) electrons. The highest BCUT2D eigenvalue weighted by molar-refractivity contribution is 7.91. The lowest BCUT2D eigenvalue weighted by Gasteiger charge is -2.48. The van der Waals surface area contributed by atoms with Crippen LogP contribution in [0.2, 0.25) is 0 Å². The number of nitrogens with zero attached hydrogens (tertiary/aromatic N) is 4. The second kappa shape index (κ2) is 10.3. The fourth-order valence-corrected chi connectivity index (χ4v) is 6.83. The molecular formula is C24H31F3N6O3S. The Balaban J connectivity index is 1.05. The molecule has 0 bridgehead atoms. The zero-order valence-corrected chi connectivity index (χ0v) is 21.2.